The molecule has 0 bridgehead atoms. The van der Waals surface area contributed by atoms with E-state index in [-0.39, 0.29) is 36.3 Å². The molecule has 0 atom stereocenters. The number of fused-ring (bicyclic) bond motifs is 4. The van der Waals surface area contributed by atoms with Gasteiger partial charge in [0.1, 0.15) is 0 Å². The third-order valence-corrected chi connectivity index (χ3v) is 10.6. The van der Waals surface area contributed by atoms with Gasteiger partial charge in [-0.1, -0.05) is 192 Å². The molecule has 0 spiro atoms. The van der Waals surface area contributed by atoms with Crippen molar-refractivity contribution in [1.29, 1.82) is 0 Å². The SMILES string of the molecule is [2H]c1c(CCCCCC)c([2H])c2c(-c3ccc(-c4cccc5ccccc45)cc3)c3c([2H])c([2H])c(CCCCCC)c([2H])c3c(-c3ccc4ccccc4c3)c2c1[2H]. The van der Waals surface area contributed by atoms with E-state index >= 15 is 0 Å². The van der Waals surface area contributed by atoms with Crippen LogP contribution in [-0.2, 0) is 12.8 Å². The maximum absolute atomic E-state index is 9.97. The zero-order chi connectivity index (χ0) is 40.5. The summed E-state index contributed by atoms with van der Waals surface area (Å²) in [5, 5.41) is 6.32. The minimum absolute atomic E-state index is 0.0407. The molecule has 0 saturated heterocycles. The minimum atomic E-state index is 0.0407. The first-order valence-electron chi connectivity index (χ1n) is 22.3. The van der Waals surface area contributed by atoms with Crippen LogP contribution in [0.1, 0.15) is 84.6 Å². The number of rotatable bonds is 13. The van der Waals surface area contributed by atoms with Crippen LogP contribution in [0.4, 0.5) is 0 Å². The Balaban J connectivity index is 1.50. The van der Waals surface area contributed by atoms with E-state index in [1.165, 1.54) is 0 Å². The number of hydrogen-bond acceptors (Lipinski definition) is 0. The maximum atomic E-state index is 9.97. The Morgan fingerprint density at radius 2 is 0.942 bits per heavy atom. The summed E-state index contributed by atoms with van der Waals surface area (Å²) < 4.78 is 58.5. The summed E-state index contributed by atoms with van der Waals surface area (Å²) in [6.07, 6.45) is 8.89. The highest BCUT2D eigenvalue weighted by atomic mass is 14.2. The molecule has 8 aromatic rings. The highest BCUT2D eigenvalue weighted by Crippen LogP contribution is 2.45. The first-order valence-corrected chi connectivity index (χ1v) is 19.3. The first kappa shape index (κ1) is 27.5. The third-order valence-electron chi connectivity index (χ3n) is 10.6. The molecule has 0 radical (unpaired) electrons. The molecule has 0 aromatic heterocycles. The summed E-state index contributed by atoms with van der Waals surface area (Å²) in [5.41, 5.74) is 5.95. The lowest BCUT2D eigenvalue weighted by atomic mass is 9.83. The molecular formula is C52H50. The van der Waals surface area contributed by atoms with Crippen LogP contribution in [0.5, 0.6) is 0 Å². The van der Waals surface area contributed by atoms with Crippen LogP contribution in [-0.4, -0.2) is 0 Å². The summed E-state index contributed by atoms with van der Waals surface area (Å²) in [4.78, 5) is 0. The molecule has 52 heavy (non-hydrogen) atoms. The van der Waals surface area contributed by atoms with Gasteiger partial charge in [0.15, 0.2) is 0 Å². The highest BCUT2D eigenvalue weighted by molar-refractivity contribution is 6.22. The second-order valence-electron chi connectivity index (χ2n) is 14.2. The Labute approximate surface area is 318 Å². The van der Waals surface area contributed by atoms with E-state index in [1.807, 2.05) is 42.5 Å². The lowest BCUT2D eigenvalue weighted by molar-refractivity contribution is 0.667. The molecular weight excluding hydrogens is 625 g/mol. The maximum Gasteiger partial charge on any atom is 0.0632 e. The van der Waals surface area contributed by atoms with Gasteiger partial charge in [0.2, 0.25) is 0 Å². The first-order chi connectivity index (χ1) is 28.2. The molecule has 0 aliphatic rings. The second kappa shape index (κ2) is 15.6. The lowest BCUT2D eigenvalue weighted by Crippen LogP contribution is -1.95. The van der Waals surface area contributed by atoms with E-state index in [2.05, 4.69) is 80.6 Å². The monoisotopic (exact) mass is 680 g/mol. The Hall–Kier alpha value is -5.20. The topological polar surface area (TPSA) is 0 Å². The molecule has 0 heteroatoms. The van der Waals surface area contributed by atoms with Gasteiger partial charge in [-0.3, -0.25) is 0 Å². The van der Waals surface area contributed by atoms with Crippen molar-refractivity contribution in [3.8, 4) is 33.4 Å². The third kappa shape index (κ3) is 6.88. The van der Waals surface area contributed by atoms with Gasteiger partial charge >= 0.3 is 0 Å². The van der Waals surface area contributed by atoms with Gasteiger partial charge in [-0.15, -0.1) is 0 Å². The Morgan fingerprint density at radius 3 is 1.60 bits per heavy atom. The van der Waals surface area contributed by atoms with Crippen molar-refractivity contribution in [2.45, 2.75) is 78.1 Å². The van der Waals surface area contributed by atoms with Crippen LogP contribution in [0.3, 0.4) is 0 Å². The summed E-state index contributed by atoms with van der Waals surface area (Å²) in [6, 6.07) is 37.7. The van der Waals surface area contributed by atoms with Crippen molar-refractivity contribution < 1.29 is 8.22 Å². The number of benzene rings is 8. The van der Waals surface area contributed by atoms with Gasteiger partial charge in [-0.2, -0.15) is 0 Å². The zero-order valence-corrected chi connectivity index (χ0v) is 30.5. The van der Waals surface area contributed by atoms with Crippen LogP contribution in [0.25, 0.3) is 76.5 Å². The Morgan fingerprint density at radius 1 is 0.404 bits per heavy atom. The average Bonchev–Trinajstić information content (AvgIpc) is 3.25. The fourth-order valence-electron chi connectivity index (χ4n) is 7.81. The van der Waals surface area contributed by atoms with Gasteiger partial charge in [0.25, 0.3) is 0 Å². The molecule has 0 heterocycles. The standard InChI is InChI=1S/C52H50/c1-3-5-7-9-16-37-25-33-48-49(34-37)51(42-29-27-41(28-30-42)46-23-15-21-40-19-13-14-22-45(40)46)47-32-24-38(17-10-8-6-4-2)35-50(47)52(48)44-31-26-39-18-11-12-20-43(39)36-44/h11-15,18-36H,3-10,16-17H2,1-2H3/i24D,25D,32D,33D,34D,35D. The van der Waals surface area contributed by atoms with E-state index < -0.39 is 0 Å². The van der Waals surface area contributed by atoms with Gasteiger partial charge in [0.05, 0.1) is 8.22 Å². The van der Waals surface area contributed by atoms with Gasteiger partial charge < -0.3 is 0 Å². The second-order valence-corrected chi connectivity index (χ2v) is 14.2. The molecule has 0 nitrogen and oxygen atoms in total. The van der Waals surface area contributed by atoms with Crippen LogP contribution >= 0.6 is 0 Å². The van der Waals surface area contributed by atoms with Crippen LogP contribution in [0, 0.1) is 0 Å². The van der Waals surface area contributed by atoms with Gasteiger partial charge in [-0.25, -0.2) is 0 Å². The minimum Gasteiger partial charge on any atom is -0.0654 e. The van der Waals surface area contributed by atoms with Crippen molar-refractivity contribution in [3.05, 3.63) is 157 Å². The molecule has 0 aliphatic carbocycles. The van der Waals surface area contributed by atoms with Crippen LogP contribution < -0.4 is 0 Å². The summed E-state index contributed by atoms with van der Waals surface area (Å²) in [7, 11) is 0. The molecule has 0 saturated carbocycles. The van der Waals surface area contributed by atoms with Crippen molar-refractivity contribution in [1.82, 2.24) is 0 Å². The van der Waals surface area contributed by atoms with Crippen molar-refractivity contribution in [2.75, 3.05) is 0 Å². The normalized spacial score (nSPS) is 13.3. The zero-order valence-electron chi connectivity index (χ0n) is 36.5. The fraction of sp³-hybridized carbons (Fsp3) is 0.231. The highest BCUT2D eigenvalue weighted by Gasteiger charge is 2.19. The molecule has 258 valence electrons. The Kier molecular flexibility index (Phi) is 8.23. The molecule has 0 N–H and O–H groups in total. The molecule has 8 rings (SSSR count). The van der Waals surface area contributed by atoms with E-state index in [4.69, 9.17) is 0 Å². The molecule has 0 unspecified atom stereocenters. The molecule has 0 fully saturated rings. The van der Waals surface area contributed by atoms with Crippen molar-refractivity contribution >= 4 is 43.1 Å². The smallest absolute Gasteiger partial charge is 0.0632 e. The van der Waals surface area contributed by atoms with E-state index in [9.17, 15) is 8.22 Å². The average molecular weight is 681 g/mol. The lowest BCUT2D eigenvalue weighted by Gasteiger charge is -2.20. The summed E-state index contributed by atoms with van der Waals surface area (Å²) in [6.45, 7) is 4.33. The summed E-state index contributed by atoms with van der Waals surface area (Å²) in [5.74, 6) is 0. The molecule has 0 aliphatic heterocycles. The quantitative estimate of drug-likeness (QED) is 0.0840. The predicted molar refractivity (Wildman–Crippen MR) is 228 cm³/mol. The van der Waals surface area contributed by atoms with Gasteiger partial charge in [0, 0.05) is 0 Å². The van der Waals surface area contributed by atoms with Crippen molar-refractivity contribution in [2.24, 2.45) is 0 Å². The predicted octanol–water partition coefficient (Wildman–Crippen LogP) is 15.5. The Bertz CT molecular complexity index is 2810. The molecule has 0 amide bonds. The van der Waals surface area contributed by atoms with Crippen LogP contribution in [0.15, 0.2) is 145 Å². The van der Waals surface area contributed by atoms with Gasteiger partial charge in [-0.05, 0) is 119 Å². The largest absolute Gasteiger partial charge is 0.0654 e. The summed E-state index contributed by atoms with van der Waals surface area (Å²) >= 11 is 0. The fourth-order valence-corrected chi connectivity index (χ4v) is 7.81. The number of hydrogen-bond donors (Lipinski definition) is 0. The van der Waals surface area contributed by atoms with Crippen LogP contribution in [0.2, 0.25) is 0 Å². The van der Waals surface area contributed by atoms with E-state index in [0.717, 1.165) is 95.2 Å². The van der Waals surface area contributed by atoms with E-state index in [0.29, 0.717) is 56.6 Å². The number of unbranched alkanes of at least 4 members (excludes halogenated alkanes) is 6. The molecule has 8 aromatic carbocycles. The van der Waals surface area contributed by atoms with Crippen molar-refractivity contribution in [3.63, 3.8) is 0 Å². The van der Waals surface area contributed by atoms with E-state index in [1.54, 1.807) is 0 Å².